The first-order chi connectivity index (χ1) is 24.3. The number of methoxy groups -OCH3 is 1. The van der Waals surface area contributed by atoms with E-state index in [2.05, 4.69) is 29.8 Å². The van der Waals surface area contributed by atoms with Gasteiger partial charge >= 0.3 is 0 Å². The van der Waals surface area contributed by atoms with Gasteiger partial charge in [0.05, 0.1) is 52.4 Å². The van der Waals surface area contributed by atoms with Crippen LogP contribution in [-0.2, 0) is 35.1 Å². The van der Waals surface area contributed by atoms with Crippen molar-refractivity contribution in [2.24, 2.45) is 0 Å². The Kier molecular flexibility index (Phi) is 23.9. The van der Waals surface area contributed by atoms with E-state index in [-0.39, 0.29) is 17.9 Å². The van der Waals surface area contributed by atoms with Gasteiger partial charge in [0.25, 0.3) is 5.91 Å². The van der Waals surface area contributed by atoms with Crippen LogP contribution in [0.5, 0.6) is 5.75 Å². The number of aldehydes is 1. The molecular formula is C35H54N6O9. The first-order valence-corrected chi connectivity index (χ1v) is 16.6. The van der Waals surface area contributed by atoms with Gasteiger partial charge in [-0.05, 0) is 50.7 Å². The van der Waals surface area contributed by atoms with Crippen LogP contribution in [-0.4, -0.2) is 115 Å². The number of nitrogen functional groups attached to an aromatic ring is 1. The number of ether oxygens (including phenoxy) is 4. The van der Waals surface area contributed by atoms with Crippen molar-refractivity contribution in [1.29, 1.82) is 0 Å². The zero-order valence-corrected chi connectivity index (χ0v) is 29.7. The van der Waals surface area contributed by atoms with E-state index in [1.54, 1.807) is 23.5 Å². The van der Waals surface area contributed by atoms with Crippen LogP contribution >= 0.6 is 0 Å². The van der Waals surface area contributed by atoms with Crippen molar-refractivity contribution in [2.45, 2.75) is 45.7 Å². The lowest BCUT2D eigenvalue weighted by molar-refractivity contribution is -0.117. The highest BCUT2D eigenvalue weighted by Crippen LogP contribution is 2.31. The van der Waals surface area contributed by atoms with E-state index in [9.17, 15) is 14.4 Å². The summed E-state index contributed by atoms with van der Waals surface area (Å²) in [7, 11) is 3.41. The summed E-state index contributed by atoms with van der Waals surface area (Å²) >= 11 is 0. The molecule has 1 atom stereocenters. The summed E-state index contributed by atoms with van der Waals surface area (Å²) < 4.78 is 21.2. The number of carbonyl (C=O) groups is 5. The van der Waals surface area contributed by atoms with Crippen LogP contribution in [0.3, 0.4) is 0 Å². The fourth-order valence-electron chi connectivity index (χ4n) is 4.63. The Morgan fingerprint density at radius 3 is 2.20 bits per heavy atom. The molecule has 2 aromatic carbocycles. The average molecular weight is 703 g/mol. The van der Waals surface area contributed by atoms with Crippen LogP contribution in [0.1, 0.15) is 59.4 Å². The van der Waals surface area contributed by atoms with Crippen molar-refractivity contribution in [3.8, 4) is 5.75 Å². The third-order valence-corrected chi connectivity index (χ3v) is 7.23. The summed E-state index contributed by atoms with van der Waals surface area (Å²) in [6, 6.07) is 10.6. The number of rotatable bonds is 23. The minimum atomic E-state index is -0.0698. The average Bonchev–Trinajstić information content (AvgIpc) is 3.46. The molecule has 1 aliphatic rings. The minimum Gasteiger partial charge on any atom is -0.495 e. The van der Waals surface area contributed by atoms with Crippen molar-refractivity contribution in [1.82, 2.24) is 20.9 Å². The van der Waals surface area contributed by atoms with Gasteiger partial charge in [-0.1, -0.05) is 19.4 Å². The summed E-state index contributed by atoms with van der Waals surface area (Å²) in [6.45, 7) is 10.3. The number of carbonyl (C=O) groups excluding carboxylic acids is 5. The molecule has 4 amide bonds. The van der Waals surface area contributed by atoms with Crippen molar-refractivity contribution >= 4 is 42.3 Å². The number of nitrogens with one attached hydrogen (secondary N) is 4. The minimum absolute atomic E-state index is 0.0528. The molecule has 0 aromatic heterocycles. The van der Waals surface area contributed by atoms with Crippen molar-refractivity contribution in [2.75, 3.05) is 84.5 Å². The highest BCUT2D eigenvalue weighted by molar-refractivity contribution is 6.02. The highest BCUT2D eigenvalue weighted by atomic mass is 16.5. The Balaban J connectivity index is 0.000000640. The van der Waals surface area contributed by atoms with Crippen LogP contribution in [0.4, 0.5) is 11.4 Å². The molecule has 1 heterocycles. The third kappa shape index (κ3) is 17.3. The number of anilines is 2. The standard InChI is InChI=1S/C25H42N4O5.C8H9NO2.C2H3NO2/c1-4-6-20(2)29-19-22-21(25(29)31)7-5-8-23(22)28-24(30)9-10-27-12-14-33-16-18-34-17-15-32-13-11-26-3;1-11-8-4-6(5-10)2-3-7(8)9;4-1-3-2-5/h5,7-8,20,26-27H,4,6,9-19H2,1-3H3,(H,28,30);2-5H,9H2,1H3;1-2H,(H,3,4,5). The molecule has 278 valence electrons. The Labute approximate surface area is 294 Å². The number of amides is 4. The summed E-state index contributed by atoms with van der Waals surface area (Å²) in [5, 5.41) is 11.0. The largest absolute Gasteiger partial charge is 0.495 e. The van der Waals surface area contributed by atoms with Gasteiger partial charge in [-0.2, -0.15) is 0 Å². The second kappa shape index (κ2) is 27.4. The van der Waals surface area contributed by atoms with Gasteiger partial charge in [0.2, 0.25) is 18.7 Å². The van der Waals surface area contributed by atoms with Gasteiger partial charge in [0.1, 0.15) is 12.0 Å². The molecule has 0 spiro atoms. The highest BCUT2D eigenvalue weighted by Gasteiger charge is 2.32. The molecule has 15 nitrogen and oxygen atoms in total. The van der Waals surface area contributed by atoms with Gasteiger partial charge < -0.3 is 50.8 Å². The van der Waals surface area contributed by atoms with E-state index < -0.39 is 0 Å². The monoisotopic (exact) mass is 702 g/mol. The maximum absolute atomic E-state index is 12.7. The molecule has 3 rings (SSSR count). The number of benzene rings is 2. The lowest BCUT2D eigenvalue weighted by Crippen LogP contribution is -2.33. The summed E-state index contributed by atoms with van der Waals surface area (Å²) in [5.74, 6) is 0.520. The van der Waals surface area contributed by atoms with E-state index in [1.165, 1.54) is 7.11 Å². The van der Waals surface area contributed by atoms with Gasteiger partial charge in [-0.25, -0.2) is 0 Å². The summed E-state index contributed by atoms with van der Waals surface area (Å²) in [4.78, 5) is 55.5. The van der Waals surface area contributed by atoms with Gasteiger partial charge in [-0.3, -0.25) is 24.0 Å². The fraction of sp³-hybridized carbons (Fsp3) is 0.514. The van der Waals surface area contributed by atoms with Gasteiger partial charge in [0, 0.05) is 61.0 Å². The predicted molar refractivity (Wildman–Crippen MR) is 191 cm³/mol. The first-order valence-electron chi connectivity index (χ1n) is 16.6. The summed E-state index contributed by atoms with van der Waals surface area (Å²) in [6.07, 6.45) is 3.73. The van der Waals surface area contributed by atoms with Crippen molar-refractivity contribution in [3.63, 3.8) is 0 Å². The second-order valence-corrected chi connectivity index (χ2v) is 10.9. The number of imide groups is 1. The smallest absolute Gasteiger partial charge is 0.254 e. The van der Waals surface area contributed by atoms with E-state index in [1.807, 2.05) is 30.1 Å². The number of likely N-dealkylation sites (N-methyl/N-ethyl adjacent to an activating group) is 1. The Bertz CT molecular complexity index is 1290. The Morgan fingerprint density at radius 1 is 0.960 bits per heavy atom. The van der Waals surface area contributed by atoms with Crippen LogP contribution < -0.4 is 31.7 Å². The van der Waals surface area contributed by atoms with Crippen LogP contribution in [0.15, 0.2) is 36.4 Å². The van der Waals surface area contributed by atoms with Crippen LogP contribution in [0, 0.1) is 0 Å². The molecule has 50 heavy (non-hydrogen) atoms. The van der Waals surface area contributed by atoms with E-state index in [0.717, 1.165) is 36.9 Å². The molecule has 6 N–H and O–H groups in total. The molecule has 0 radical (unpaired) electrons. The molecule has 0 bridgehead atoms. The second-order valence-electron chi connectivity index (χ2n) is 10.9. The number of nitrogens with two attached hydrogens (primary N) is 1. The third-order valence-electron chi connectivity index (χ3n) is 7.23. The zero-order valence-electron chi connectivity index (χ0n) is 29.7. The molecule has 1 aliphatic heterocycles. The quantitative estimate of drug-likeness (QED) is 0.0642. The van der Waals surface area contributed by atoms with E-state index in [0.29, 0.717) is 101 Å². The fourth-order valence-corrected chi connectivity index (χ4v) is 4.63. The molecule has 2 aromatic rings. The van der Waals surface area contributed by atoms with Crippen molar-refractivity contribution < 1.29 is 42.9 Å². The van der Waals surface area contributed by atoms with Gasteiger partial charge in [0.15, 0.2) is 0 Å². The Morgan fingerprint density at radius 2 is 1.62 bits per heavy atom. The molecule has 0 saturated carbocycles. The number of fused-ring (bicyclic) bond motifs is 1. The summed E-state index contributed by atoms with van der Waals surface area (Å²) in [5.41, 5.74) is 8.96. The molecule has 0 aliphatic carbocycles. The van der Waals surface area contributed by atoms with E-state index in [4.69, 9.17) is 34.3 Å². The lowest BCUT2D eigenvalue weighted by Gasteiger charge is -2.23. The maximum atomic E-state index is 12.7. The Hall–Kier alpha value is -4.41. The number of hydrogen-bond acceptors (Lipinski definition) is 12. The molecule has 0 saturated heterocycles. The normalized spacial score (nSPS) is 12.0. The molecule has 15 heteroatoms. The number of hydrogen-bond donors (Lipinski definition) is 5. The SMILES string of the molecule is CCCC(C)N1Cc2c(NC(=O)CCNCCOCCOCCOCCNC)cccc2C1=O.COc1cc(C=O)ccc1N.O=CNC=O. The first kappa shape index (κ1) is 43.6. The molecule has 0 fully saturated rings. The van der Waals surface area contributed by atoms with Gasteiger partial charge in [-0.15, -0.1) is 0 Å². The van der Waals surface area contributed by atoms with Crippen LogP contribution in [0.2, 0.25) is 0 Å². The van der Waals surface area contributed by atoms with Crippen LogP contribution in [0.25, 0.3) is 0 Å². The lowest BCUT2D eigenvalue weighted by atomic mass is 10.1. The van der Waals surface area contributed by atoms with E-state index >= 15 is 0 Å². The zero-order chi connectivity index (χ0) is 37.0. The predicted octanol–water partition coefficient (Wildman–Crippen LogP) is 2.00. The topological polar surface area (TPSA) is 200 Å². The molecule has 1 unspecified atom stereocenters. The molecular weight excluding hydrogens is 648 g/mol. The maximum Gasteiger partial charge on any atom is 0.254 e. The number of nitrogens with zero attached hydrogens (tertiary/aromatic N) is 1. The van der Waals surface area contributed by atoms with Crippen molar-refractivity contribution in [3.05, 3.63) is 53.1 Å².